The zero-order valence-electron chi connectivity index (χ0n) is 13.9. The third kappa shape index (κ3) is 4.76. The second kappa shape index (κ2) is 8.07. The third-order valence-corrected chi connectivity index (χ3v) is 4.36. The molecular weight excluding hydrogens is 324 g/mol. The molecule has 25 heavy (non-hydrogen) atoms. The second-order valence-electron chi connectivity index (χ2n) is 6.07. The highest BCUT2D eigenvalue weighted by molar-refractivity contribution is 5.94. The Bertz CT molecular complexity index is 713. The van der Waals surface area contributed by atoms with Gasteiger partial charge in [-0.15, -0.1) is 0 Å². The van der Waals surface area contributed by atoms with Crippen molar-refractivity contribution < 1.29 is 13.6 Å². The Kier molecular flexibility index (Phi) is 5.60. The summed E-state index contributed by atoms with van der Waals surface area (Å²) in [5.74, 6) is -0.898. The monoisotopic (exact) mass is 345 g/mol. The van der Waals surface area contributed by atoms with Crippen molar-refractivity contribution in [3.05, 3.63) is 65.7 Å². The molecule has 132 valence electrons. The summed E-state index contributed by atoms with van der Waals surface area (Å²) >= 11 is 0. The largest absolute Gasteiger partial charge is 0.369 e. The lowest BCUT2D eigenvalue weighted by Gasteiger charge is -2.36. The van der Waals surface area contributed by atoms with Gasteiger partial charge in [0.1, 0.15) is 11.6 Å². The van der Waals surface area contributed by atoms with Gasteiger partial charge in [-0.3, -0.25) is 9.69 Å². The van der Waals surface area contributed by atoms with E-state index < -0.39 is 5.82 Å². The number of piperazine rings is 1. The van der Waals surface area contributed by atoms with E-state index in [4.69, 9.17) is 0 Å². The van der Waals surface area contributed by atoms with E-state index in [1.54, 1.807) is 18.2 Å². The van der Waals surface area contributed by atoms with Crippen molar-refractivity contribution in [3.8, 4) is 0 Å². The molecule has 0 spiro atoms. The molecule has 0 unspecified atom stereocenters. The summed E-state index contributed by atoms with van der Waals surface area (Å²) in [6.07, 6.45) is 0. The van der Waals surface area contributed by atoms with E-state index in [-0.39, 0.29) is 11.7 Å². The Balaban J connectivity index is 1.40. The van der Waals surface area contributed by atoms with Crippen LogP contribution < -0.4 is 10.2 Å². The number of carbonyl (C=O) groups is 1. The van der Waals surface area contributed by atoms with Crippen LogP contribution in [0.15, 0.2) is 48.5 Å². The number of halogens is 2. The number of benzene rings is 2. The van der Waals surface area contributed by atoms with Crippen LogP contribution >= 0.6 is 0 Å². The number of nitrogens with zero attached hydrogens (tertiary/aromatic N) is 2. The van der Waals surface area contributed by atoms with Gasteiger partial charge in [-0.2, -0.15) is 0 Å². The number of hydrogen-bond donors (Lipinski definition) is 1. The van der Waals surface area contributed by atoms with Crippen LogP contribution in [0.1, 0.15) is 10.4 Å². The van der Waals surface area contributed by atoms with Crippen molar-refractivity contribution in [1.82, 2.24) is 10.2 Å². The summed E-state index contributed by atoms with van der Waals surface area (Å²) in [6, 6.07) is 12.2. The van der Waals surface area contributed by atoms with Crippen molar-refractivity contribution >= 4 is 11.6 Å². The summed E-state index contributed by atoms with van der Waals surface area (Å²) in [5.41, 5.74) is 1.36. The van der Waals surface area contributed by atoms with Gasteiger partial charge < -0.3 is 10.2 Å². The molecular formula is C19H21F2N3O. The lowest BCUT2D eigenvalue weighted by molar-refractivity contribution is 0.0947. The molecule has 0 atom stereocenters. The van der Waals surface area contributed by atoms with Crippen molar-refractivity contribution in [3.63, 3.8) is 0 Å². The van der Waals surface area contributed by atoms with Crippen molar-refractivity contribution in [1.29, 1.82) is 0 Å². The normalized spacial score (nSPS) is 15.2. The second-order valence-corrected chi connectivity index (χ2v) is 6.07. The summed E-state index contributed by atoms with van der Waals surface area (Å²) < 4.78 is 26.1. The SMILES string of the molecule is O=C(NCCN1CCN(c2ccc(F)cc2)CC1)c1cccc(F)c1. The van der Waals surface area contributed by atoms with Gasteiger partial charge in [-0.05, 0) is 42.5 Å². The lowest BCUT2D eigenvalue weighted by Crippen LogP contribution is -2.48. The van der Waals surface area contributed by atoms with Gasteiger partial charge in [0.05, 0.1) is 0 Å². The molecule has 1 N–H and O–H groups in total. The molecule has 6 heteroatoms. The first-order chi connectivity index (χ1) is 12.1. The van der Waals surface area contributed by atoms with Crippen LogP contribution in [0.25, 0.3) is 0 Å². The molecule has 0 aromatic heterocycles. The lowest BCUT2D eigenvalue weighted by atomic mass is 10.2. The fraction of sp³-hybridized carbons (Fsp3) is 0.316. The Morgan fingerprint density at radius 3 is 2.36 bits per heavy atom. The predicted molar refractivity (Wildman–Crippen MR) is 93.8 cm³/mol. The van der Waals surface area contributed by atoms with Gasteiger partial charge in [0, 0.05) is 50.5 Å². The van der Waals surface area contributed by atoms with E-state index in [1.807, 2.05) is 0 Å². The zero-order chi connectivity index (χ0) is 17.6. The fourth-order valence-electron chi connectivity index (χ4n) is 2.94. The number of hydrogen-bond acceptors (Lipinski definition) is 3. The Morgan fingerprint density at radius 2 is 1.68 bits per heavy atom. The maximum absolute atomic E-state index is 13.1. The molecule has 1 fully saturated rings. The minimum absolute atomic E-state index is 0.226. The van der Waals surface area contributed by atoms with E-state index in [2.05, 4.69) is 15.1 Å². The molecule has 0 aliphatic carbocycles. The number of carbonyl (C=O) groups excluding carboxylic acids is 1. The Labute approximate surface area is 146 Å². The van der Waals surface area contributed by atoms with Crippen molar-refractivity contribution in [2.24, 2.45) is 0 Å². The third-order valence-electron chi connectivity index (χ3n) is 4.36. The molecule has 0 saturated carbocycles. The maximum Gasteiger partial charge on any atom is 0.251 e. The maximum atomic E-state index is 13.1. The van der Waals surface area contributed by atoms with E-state index in [1.165, 1.54) is 30.3 Å². The minimum Gasteiger partial charge on any atom is -0.369 e. The van der Waals surface area contributed by atoms with Crippen LogP contribution in [0, 0.1) is 11.6 Å². The highest BCUT2D eigenvalue weighted by Crippen LogP contribution is 2.16. The summed E-state index contributed by atoms with van der Waals surface area (Å²) in [7, 11) is 0. The molecule has 0 bridgehead atoms. The smallest absolute Gasteiger partial charge is 0.251 e. The van der Waals surface area contributed by atoms with Gasteiger partial charge in [-0.1, -0.05) is 6.07 Å². The van der Waals surface area contributed by atoms with Gasteiger partial charge in [-0.25, -0.2) is 8.78 Å². The molecule has 1 amide bonds. The first-order valence-electron chi connectivity index (χ1n) is 8.38. The first kappa shape index (κ1) is 17.4. The Hall–Kier alpha value is -2.47. The topological polar surface area (TPSA) is 35.6 Å². The highest BCUT2D eigenvalue weighted by atomic mass is 19.1. The Morgan fingerprint density at radius 1 is 0.960 bits per heavy atom. The van der Waals surface area contributed by atoms with Gasteiger partial charge in [0.15, 0.2) is 0 Å². The molecule has 2 aromatic rings. The molecule has 1 saturated heterocycles. The van der Waals surface area contributed by atoms with Crippen LogP contribution in [0.4, 0.5) is 14.5 Å². The number of amides is 1. The highest BCUT2D eigenvalue weighted by Gasteiger charge is 2.17. The van der Waals surface area contributed by atoms with Gasteiger partial charge in [0.25, 0.3) is 5.91 Å². The van der Waals surface area contributed by atoms with Crippen LogP contribution in [0.2, 0.25) is 0 Å². The zero-order valence-corrected chi connectivity index (χ0v) is 13.9. The molecule has 4 nitrogen and oxygen atoms in total. The van der Waals surface area contributed by atoms with E-state index in [0.29, 0.717) is 12.1 Å². The number of anilines is 1. The van der Waals surface area contributed by atoms with Gasteiger partial charge in [0.2, 0.25) is 0 Å². The van der Waals surface area contributed by atoms with Crippen LogP contribution in [-0.2, 0) is 0 Å². The molecule has 1 aliphatic rings. The first-order valence-corrected chi connectivity index (χ1v) is 8.38. The molecule has 1 heterocycles. The van der Waals surface area contributed by atoms with E-state index in [9.17, 15) is 13.6 Å². The summed E-state index contributed by atoms with van der Waals surface area (Å²) in [4.78, 5) is 16.5. The fourth-order valence-corrected chi connectivity index (χ4v) is 2.94. The minimum atomic E-state index is -0.412. The molecule has 2 aromatic carbocycles. The summed E-state index contributed by atoms with van der Waals surface area (Å²) in [5, 5.41) is 2.82. The van der Waals surface area contributed by atoms with Crippen molar-refractivity contribution in [2.45, 2.75) is 0 Å². The van der Waals surface area contributed by atoms with Gasteiger partial charge >= 0.3 is 0 Å². The van der Waals surface area contributed by atoms with E-state index in [0.717, 1.165) is 38.4 Å². The standard InChI is InChI=1S/C19H21F2N3O/c20-16-4-6-18(7-5-16)24-12-10-23(11-13-24)9-8-22-19(25)15-2-1-3-17(21)14-15/h1-7,14H,8-13H2,(H,22,25). The average molecular weight is 345 g/mol. The van der Waals surface area contributed by atoms with Crippen LogP contribution in [-0.4, -0.2) is 50.1 Å². The molecule has 1 aliphatic heterocycles. The number of nitrogens with one attached hydrogen (secondary N) is 1. The quantitative estimate of drug-likeness (QED) is 0.905. The van der Waals surface area contributed by atoms with Crippen molar-refractivity contribution in [2.75, 3.05) is 44.2 Å². The number of rotatable bonds is 5. The van der Waals surface area contributed by atoms with E-state index >= 15 is 0 Å². The summed E-state index contributed by atoms with van der Waals surface area (Å²) in [6.45, 7) is 4.76. The van der Waals surface area contributed by atoms with Crippen LogP contribution in [0.3, 0.4) is 0 Å². The van der Waals surface area contributed by atoms with Crippen LogP contribution in [0.5, 0.6) is 0 Å². The predicted octanol–water partition coefficient (Wildman–Crippen LogP) is 2.52. The average Bonchev–Trinajstić information content (AvgIpc) is 2.63. The molecule has 3 rings (SSSR count). The molecule has 0 radical (unpaired) electrons.